The van der Waals surface area contributed by atoms with Crippen molar-refractivity contribution in [3.05, 3.63) is 35.9 Å². The van der Waals surface area contributed by atoms with Gasteiger partial charge in [0.2, 0.25) is 5.91 Å². The van der Waals surface area contributed by atoms with Crippen LogP contribution in [0.5, 0.6) is 5.75 Å². The number of carboxylic acid groups (broad SMARTS) is 1. The molecule has 21 heavy (non-hydrogen) atoms. The molecule has 1 rings (SSSR count). The van der Waals surface area contributed by atoms with Gasteiger partial charge in [-0.2, -0.15) is 0 Å². The van der Waals surface area contributed by atoms with Gasteiger partial charge in [-0.15, -0.1) is 0 Å². The second kappa shape index (κ2) is 8.09. The van der Waals surface area contributed by atoms with Crippen LogP contribution in [-0.2, 0) is 9.59 Å². The van der Waals surface area contributed by atoms with Crippen LogP contribution in [0.3, 0.4) is 0 Å². The maximum absolute atomic E-state index is 12.1. The molecule has 0 unspecified atom stereocenters. The van der Waals surface area contributed by atoms with Gasteiger partial charge in [0.25, 0.3) is 0 Å². The van der Waals surface area contributed by atoms with Crippen molar-refractivity contribution in [1.82, 2.24) is 4.90 Å². The van der Waals surface area contributed by atoms with Crippen molar-refractivity contribution in [3.8, 4) is 5.75 Å². The van der Waals surface area contributed by atoms with Crippen LogP contribution >= 0.6 is 0 Å². The fraction of sp³-hybridized carbons (Fsp3) is 0.375. The van der Waals surface area contributed by atoms with Crippen molar-refractivity contribution in [2.75, 3.05) is 20.2 Å². The fourth-order valence-electron chi connectivity index (χ4n) is 1.91. The van der Waals surface area contributed by atoms with Gasteiger partial charge in [-0.3, -0.25) is 9.59 Å². The van der Waals surface area contributed by atoms with Gasteiger partial charge < -0.3 is 14.7 Å². The van der Waals surface area contributed by atoms with Crippen molar-refractivity contribution in [1.29, 1.82) is 0 Å². The summed E-state index contributed by atoms with van der Waals surface area (Å²) in [5, 5.41) is 8.88. The first-order valence-electron chi connectivity index (χ1n) is 6.75. The Morgan fingerprint density at radius 1 is 1.33 bits per heavy atom. The first kappa shape index (κ1) is 16.8. The number of aliphatic carboxylic acids is 1. The van der Waals surface area contributed by atoms with Gasteiger partial charge in [-0.05, 0) is 18.1 Å². The van der Waals surface area contributed by atoms with E-state index in [-0.39, 0.29) is 18.4 Å². The molecule has 0 saturated carbocycles. The summed E-state index contributed by atoms with van der Waals surface area (Å²) < 4.78 is 5.20. The molecular weight excluding hydrogens is 270 g/mol. The zero-order valence-electron chi connectivity index (χ0n) is 12.6. The van der Waals surface area contributed by atoms with Crippen molar-refractivity contribution in [2.45, 2.75) is 13.8 Å². The van der Waals surface area contributed by atoms with Gasteiger partial charge in [-0.25, -0.2) is 0 Å². The highest BCUT2D eigenvalue weighted by Crippen LogP contribution is 2.18. The zero-order valence-corrected chi connectivity index (χ0v) is 12.6. The van der Waals surface area contributed by atoms with E-state index in [1.54, 1.807) is 19.3 Å². The lowest BCUT2D eigenvalue weighted by Gasteiger charge is -2.21. The van der Waals surface area contributed by atoms with Crippen LogP contribution < -0.4 is 4.74 Å². The number of methoxy groups -OCH3 is 1. The second-order valence-corrected chi connectivity index (χ2v) is 5.08. The first-order valence-corrected chi connectivity index (χ1v) is 6.75. The van der Waals surface area contributed by atoms with E-state index in [0.717, 1.165) is 5.56 Å². The van der Waals surface area contributed by atoms with Crippen LogP contribution in [0.1, 0.15) is 19.4 Å². The number of carbonyl (C=O) groups is 2. The Balaban J connectivity index is 2.84. The fourth-order valence-corrected chi connectivity index (χ4v) is 1.91. The molecule has 0 radical (unpaired) electrons. The molecule has 0 aliphatic rings. The number of hydrogen-bond donors (Lipinski definition) is 1. The van der Waals surface area contributed by atoms with Gasteiger partial charge in [0.15, 0.2) is 0 Å². The Hall–Kier alpha value is -2.30. The van der Waals surface area contributed by atoms with Gasteiger partial charge in [0.1, 0.15) is 12.3 Å². The first-order chi connectivity index (χ1) is 9.93. The van der Waals surface area contributed by atoms with Crippen molar-refractivity contribution in [3.63, 3.8) is 0 Å². The molecule has 0 aliphatic heterocycles. The number of rotatable bonds is 7. The lowest BCUT2D eigenvalue weighted by Crippen LogP contribution is -2.37. The summed E-state index contributed by atoms with van der Waals surface area (Å²) >= 11 is 0. The third kappa shape index (κ3) is 5.69. The number of benzene rings is 1. The Labute approximate surface area is 124 Å². The molecule has 0 atom stereocenters. The smallest absolute Gasteiger partial charge is 0.323 e. The summed E-state index contributed by atoms with van der Waals surface area (Å²) in [4.78, 5) is 24.3. The molecular formula is C16H21NO4. The molecule has 0 heterocycles. The van der Waals surface area contributed by atoms with E-state index in [1.807, 2.05) is 32.0 Å². The number of hydrogen-bond acceptors (Lipinski definition) is 3. The highest BCUT2D eigenvalue weighted by atomic mass is 16.5. The van der Waals surface area contributed by atoms with Crippen LogP contribution in [0.25, 0.3) is 6.08 Å². The van der Waals surface area contributed by atoms with E-state index >= 15 is 0 Å². The highest BCUT2D eigenvalue weighted by Gasteiger charge is 2.15. The molecule has 1 amide bonds. The third-order valence-corrected chi connectivity index (χ3v) is 2.77. The molecule has 0 saturated heterocycles. The lowest BCUT2D eigenvalue weighted by atomic mass is 10.1. The molecule has 1 N–H and O–H groups in total. The summed E-state index contributed by atoms with van der Waals surface area (Å²) in [6.07, 6.45) is 3.01. The topological polar surface area (TPSA) is 66.8 Å². The quantitative estimate of drug-likeness (QED) is 0.783. The molecule has 0 bridgehead atoms. The van der Waals surface area contributed by atoms with E-state index in [1.165, 1.54) is 11.0 Å². The summed E-state index contributed by atoms with van der Waals surface area (Å²) in [7, 11) is 1.56. The zero-order chi connectivity index (χ0) is 15.8. The molecule has 5 heteroatoms. The Kier molecular flexibility index (Phi) is 6.46. The highest BCUT2D eigenvalue weighted by molar-refractivity contribution is 5.93. The van der Waals surface area contributed by atoms with Crippen molar-refractivity contribution >= 4 is 18.0 Å². The minimum absolute atomic E-state index is 0.202. The van der Waals surface area contributed by atoms with E-state index in [0.29, 0.717) is 12.3 Å². The molecule has 5 nitrogen and oxygen atoms in total. The average Bonchev–Trinajstić information content (AvgIpc) is 2.43. The van der Waals surface area contributed by atoms with Crippen molar-refractivity contribution < 1.29 is 19.4 Å². The van der Waals surface area contributed by atoms with Crippen LogP contribution in [0.2, 0.25) is 0 Å². The van der Waals surface area contributed by atoms with Gasteiger partial charge in [-0.1, -0.05) is 32.0 Å². The largest absolute Gasteiger partial charge is 0.496 e. The van der Waals surface area contributed by atoms with Crippen LogP contribution in [0.15, 0.2) is 30.3 Å². The molecule has 0 fully saturated rings. The number of amides is 1. The van der Waals surface area contributed by atoms with E-state index in [9.17, 15) is 9.59 Å². The number of nitrogens with zero attached hydrogens (tertiary/aromatic N) is 1. The number of carbonyl (C=O) groups excluding carboxylic acids is 1. The third-order valence-electron chi connectivity index (χ3n) is 2.77. The van der Waals surface area contributed by atoms with Gasteiger partial charge in [0, 0.05) is 18.2 Å². The maximum Gasteiger partial charge on any atom is 0.323 e. The summed E-state index contributed by atoms with van der Waals surface area (Å²) in [5.74, 6) is -0.477. The Morgan fingerprint density at radius 3 is 2.57 bits per heavy atom. The predicted molar refractivity (Wildman–Crippen MR) is 81.1 cm³/mol. The number of ether oxygens (including phenoxy) is 1. The average molecular weight is 291 g/mol. The van der Waals surface area contributed by atoms with Crippen LogP contribution in [0.4, 0.5) is 0 Å². The number of para-hydroxylation sites is 1. The SMILES string of the molecule is COc1ccccc1C=CC(=O)N(CC(=O)O)CC(C)C. The molecule has 0 aliphatic carbocycles. The molecule has 0 aromatic heterocycles. The normalized spacial score (nSPS) is 10.9. The summed E-state index contributed by atoms with van der Waals surface area (Å²) in [6.45, 7) is 3.98. The minimum Gasteiger partial charge on any atom is -0.496 e. The van der Waals surface area contributed by atoms with Crippen LogP contribution in [-0.4, -0.2) is 42.1 Å². The predicted octanol–water partition coefficient (Wildman–Crippen LogP) is 2.28. The molecule has 0 spiro atoms. The molecule has 1 aromatic rings. The van der Waals surface area contributed by atoms with E-state index in [2.05, 4.69) is 0 Å². The Bertz CT molecular complexity index is 523. The monoisotopic (exact) mass is 291 g/mol. The van der Waals surface area contributed by atoms with Gasteiger partial charge >= 0.3 is 5.97 Å². The number of carboxylic acids is 1. The van der Waals surface area contributed by atoms with E-state index < -0.39 is 5.97 Å². The van der Waals surface area contributed by atoms with Gasteiger partial charge in [0.05, 0.1) is 7.11 Å². The lowest BCUT2D eigenvalue weighted by molar-refractivity contribution is -0.143. The maximum atomic E-state index is 12.1. The van der Waals surface area contributed by atoms with Crippen LogP contribution in [0, 0.1) is 5.92 Å². The molecule has 114 valence electrons. The summed E-state index contributed by atoms with van der Waals surface area (Å²) in [5.41, 5.74) is 0.771. The Morgan fingerprint density at radius 2 is 2.00 bits per heavy atom. The second-order valence-electron chi connectivity index (χ2n) is 5.08. The standard InChI is InChI=1S/C16H21NO4/c1-12(2)10-17(11-16(19)20)15(18)9-8-13-6-4-5-7-14(13)21-3/h4-9,12H,10-11H2,1-3H3,(H,19,20). The minimum atomic E-state index is -1.02. The summed E-state index contributed by atoms with van der Waals surface area (Å²) in [6, 6.07) is 7.31. The molecule has 1 aromatic carbocycles. The van der Waals surface area contributed by atoms with E-state index in [4.69, 9.17) is 9.84 Å². The van der Waals surface area contributed by atoms with Crippen molar-refractivity contribution in [2.24, 2.45) is 5.92 Å².